The molecular weight excluding hydrogens is 278 g/mol. The number of hydrogen-bond acceptors (Lipinski definition) is 3. The van der Waals surface area contributed by atoms with Crippen molar-refractivity contribution in [3.05, 3.63) is 35.9 Å². The van der Waals surface area contributed by atoms with Crippen LogP contribution in [0.15, 0.2) is 30.3 Å². The van der Waals surface area contributed by atoms with Gasteiger partial charge in [-0.3, -0.25) is 4.79 Å². The molecule has 1 saturated heterocycles. The van der Waals surface area contributed by atoms with E-state index in [2.05, 4.69) is 0 Å². The summed E-state index contributed by atoms with van der Waals surface area (Å²) in [6, 6.07) is 9.45. The van der Waals surface area contributed by atoms with E-state index in [0.29, 0.717) is 24.9 Å². The van der Waals surface area contributed by atoms with E-state index in [1.165, 1.54) is 0 Å². The van der Waals surface area contributed by atoms with Crippen molar-refractivity contribution in [2.45, 2.75) is 32.8 Å². The summed E-state index contributed by atoms with van der Waals surface area (Å²) in [4.78, 5) is 26.4. The van der Waals surface area contributed by atoms with Crippen molar-refractivity contribution in [3.63, 3.8) is 0 Å². The van der Waals surface area contributed by atoms with Crippen LogP contribution in [0.25, 0.3) is 0 Å². The Morgan fingerprint density at radius 1 is 1.14 bits per heavy atom. The molecule has 0 radical (unpaired) electrons. The van der Waals surface area contributed by atoms with Gasteiger partial charge >= 0.3 is 6.09 Å². The lowest BCUT2D eigenvalue weighted by atomic mass is 10.1. The van der Waals surface area contributed by atoms with Crippen LogP contribution in [0.5, 0.6) is 0 Å². The first-order chi connectivity index (χ1) is 10.4. The molecule has 1 saturated carbocycles. The van der Waals surface area contributed by atoms with Crippen LogP contribution in [-0.4, -0.2) is 35.5 Å². The van der Waals surface area contributed by atoms with Crippen LogP contribution >= 0.6 is 0 Å². The van der Waals surface area contributed by atoms with Gasteiger partial charge in [0.15, 0.2) is 5.78 Å². The van der Waals surface area contributed by atoms with Crippen molar-refractivity contribution in [3.8, 4) is 0 Å². The van der Waals surface area contributed by atoms with Gasteiger partial charge in [-0.1, -0.05) is 30.3 Å². The fourth-order valence-corrected chi connectivity index (χ4v) is 3.41. The summed E-state index contributed by atoms with van der Waals surface area (Å²) in [5.74, 6) is 1.04. The highest BCUT2D eigenvalue weighted by atomic mass is 16.6. The third kappa shape index (κ3) is 3.01. The van der Waals surface area contributed by atoms with Gasteiger partial charge in [0.1, 0.15) is 5.60 Å². The number of nitrogens with zero attached hydrogens (tertiary/aromatic N) is 1. The number of rotatable bonds is 2. The fraction of sp³-hybridized carbons (Fsp3) is 0.556. The summed E-state index contributed by atoms with van der Waals surface area (Å²) >= 11 is 0. The van der Waals surface area contributed by atoms with Gasteiger partial charge in [0, 0.05) is 24.6 Å². The van der Waals surface area contributed by atoms with Crippen molar-refractivity contribution < 1.29 is 14.3 Å². The molecule has 0 N–H and O–H groups in total. The summed E-state index contributed by atoms with van der Waals surface area (Å²) in [5, 5.41) is 0. The molecule has 2 aliphatic rings. The van der Waals surface area contributed by atoms with Gasteiger partial charge in [0.05, 0.1) is 0 Å². The van der Waals surface area contributed by atoms with Crippen molar-refractivity contribution in [2.24, 2.45) is 17.8 Å². The Morgan fingerprint density at radius 2 is 1.82 bits per heavy atom. The maximum Gasteiger partial charge on any atom is 0.410 e. The molecule has 0 bridgehead atoms. The van der Waals surface area contributed by atoms with E-state index in [1.54, 1.807) is 4.90 Å². The van der Waals surface area contributed by atoms with E-state index in [4.69, 9.17) is 4.74 Å². The summed E-state index contributed by atoms with van der Waals surface area (Å²) in [5.41, 5.74) is 0.308. The van der Waals surface area contributed by atoms with E-state index in [9.17, 15) is 9.59 Å². The Hall–Kier alpha value is -1.84. The number of ether oxygens (including phenoxy) is 1. The van der Waals surface area contributed by atoms with Gasteiger partial charge in [-0.05, 0) is 39.0 Å². The lowest BCUT2D eigenvalue weighted by molar-refractivity contribution is 0.0206. The zero-order valence-corrected chi connectivity index (χ0v) is 13.4. The summed E-state index contributed by atoms with van der Waals surface area (Å²) in [7, 11) is 0. The normalized spacial score (nSPS) is 27.0. The maximum atomic E-state index is 12.5. The molecule has 1 aliphatic carbocycles. The van der Waals surface area contributed by atoms with Crippen molar-refractivity contribution in [2.75, 3.05) is 13.1 Å². The van der Waals surface area contributed by atoms with E-state index in [1.807, 2.05) is 51.1 Å². The lowest BCUT2D eigenvalue weighted by Gasteiger charge is -2.29. The zero-order chi connectivity index (χ0) is 15.9. The zero-order valence-electron chi connectivity index (χ0n) is 13.4. The third-order valence-corrected chi connectivity index (χ3v) is 4.51. The van der Waals surface area contributed by atoms with E-state index < -0.39 is 5.60 Å². The van der Waals surface area contributed by atoms with Crippen molar-refractivity contribution in [1.82, 2.24) is 4.90 Å². The summed E-state index contributed by atoms with van der Waals surface area (Å²) < 4.78 is 5.43. The van der Waals surface area contributed by atoms with E-state index in [-0.39, 0.29) is 17.8 Å². The van der Waals surface area contributed by atoms with Gasteiger partial charge in [0.25, 0.3) is 0 Å². The number of carbonyl (C=O) groups is 2. The SMILES string of the molecule is CC(C)(C)OC(=O)N1CC[C@@H]2[C@H](C1)[C@H]2C(=O)c1ccccc1. The molecule has 1 aromatic carbocycles. The molecular formula is C18H23NO3. The first kappa shape index (κ1) is 15.1. The third-order valence-electron chi connectivity index (χ3n) is 4.51. The second kappa shape index (κ2) is 5.41. The predicted octanol–water partition coefficient (Wildman–Crippen LogP) is 3.37. The van der Waals surface area contributed by atoms with E-state index in [0.717, 1.165) is 12.0 Å². The Labute approximate surface area is 131 Å². The van der Waals surface area contributed by atoms with Crippen molar-refractivity contribution >= 4 is 11.9 Å². The minimum absolute atomic E-state index is 0.0786. The molecule has 3 rings (SSSR count). The monoisotopic (exact) mass is 301 g/mol. The quantitative estimate of drug-likeness (QED) is 0.787. The number of ketones is 1. The van der Waals surface area contributed by atoms with E-state index >= 15 is 0 Å². The molecule has 1 heterocycles. The lowest BCUT2D eigenvalue weighted by Crippen LogP contribution is -2.40. The first-order valence-corrected chi connectivity index (χ1v) is 7.94. The van der Waals surface area contributed by atoms with Crippen LogP contribution in [-0.2, 0) is 4.74 Å². The number of piperidine rings is 1. The highest BCUT2D eigenvalue weighted by Gasteiger charge is 2.57. The Bertz CT molecular complexity index is 576. The number of Topliss-reactive ketones (excluding diaryl/α,β-unsaturated/α-hetero) is 1. The standard InChI is InChI=1S/C18H23NO3/c1-18(2,3)22-17(21)19-10-9-13-14(11-19)15(13)16(20)12-7-5-4-6-8-12/h4-8,13-15H,9-11H2,1-3H3/t13-,14+,15+/m1/s1. The second-order valence-electron chi connectivity index (χ2n) is 7.30. The Kier molecular flexibility index (Phi) is 3.71. The minimum Gasteiger partial charge on any atom is -0.444 e. The molecule has 0 unspecified atom stereocenters. The second-order valence-corrected chi connectivity index (χ2v) is 7.30. The Balaban J connectivity index is 1.61. The average Bonchev–Trinajstić information content (AvgIpc) is 3.19. The highest BCUT2D eigenvalue weighted by Crippen LogP contribution is 2.53. The molecule has 1 aromatic rings. The number of likely N-dealkylation sites (tertiary alicyclic amines) is 1. The Morgan fingerprint density at radius 3 is 2.45 bits per heavy atom. The first-order valence-electron chi connectivity index (χ1n) is 7.94. The van der Waals surface area contributed by atoms with Gasteiger partial charge in [0.2, 0.25) is 0 Å². The highest BCUT2D eigenvalue weighted by molar-refractivity contribution is 6.00. The number of fused-ring (bicyclic) bond motifs is 1. The number of amides is 1. The molecule has 2 fully saturated rings. The molecule has 1 amide bonds. The van der Waals surface area contributed by atoms with Crippen LogP contribution < -0.4 is 0 Å². The minimum atomic E-state index is -0.475. The predicted molar refractivity (Wildman–Crippen MR) is 83.7 cm³/mol. The molecule has 22 heavy (non-hydrogen) atoms. The topological polar surface area (TPSA) is 46.6 Å². The maximum absolute atomic E-state index is 12.5. The summed E-state index contributed by atoms with van der Waals surface area (Å²) in [6.45, 7) is 6.95. The summed E-state index contributed by atoms with van der Waals surface area (Å²) in [6.07, 6.45) is 0.636. The van der Waals surface area contributed by atoms with Crippen molar-refractivity contribution in [1.29, 1.82) is 0 Å². The number of benzene rings is 1. The average molecular weight is 301 g/mol. The molecule has 4 heteroatoms. The molecule has 4 nitrogen and oxygen atoms in total. The van der Waals surface area contributed by atoms with Crippen LogP contribution in [0, 0.1) is 17.8 Å². The smallest absolute Gasteiger partial charge is 0.410 e. The van der Waals surface area contributed by atoms with Gasteiger partial charge in [-0.2, -0.15) is 0 Å². The van der Waals surface area contributed by atoms with Gasteiger partial charge in [-0.15, -0.1) is 0 Å². The van der Waals surface area contributed by atoms with Crippen LogP contribution in [0.3, 0.4) is 0 Å². The van der Waals surface area contributed by atoms with Gasteiger partial charge < -0.3 is 9.64 Å². The fourth-order valence-electron chi connectivity index (χ4n) is 3.41. The largest absolute Gasteiger partial charge is 0.444 e. The number of hydrogen-bond donors (Lipinski definition) is 0. The molecule has 0 aromatic heterocycles. The van der Waals surface area contributed by atoms with Gasteiger partial charge in [-0.25, -0.2) is 4.79 Å². The molecule has 118 valence electrons. The van der Waals surface area contributed by atoms with Crippen LogP contribution in [0.2, 0.25) is 0 Å². The van der Waals surface area contributed by atoms with Crippen LogP contribution in [0.4, 0.5) is 4.79 Å². The molecule has 0 spiro atoms. The van der Waals surface area contributed by atoms with Crippen LogP contribution in [0.1, 0.15) is 37.6 Å². The molecule has 1 aliphatic heterocycles. The molecule has 3 atom stereocenters. The number of carbonyl (C=O) groups excluding carboxylic acids is 2.